The van der Waals surface area contributed by atoms with Gasteiger partial charge in [-0.2, -0.15) is 5.10 Å². The van der Waals surface area contributed by atoms with Crippen LogP contribution in [0.4, 0.5) is 5.95 Å². The molecule has 0 atom stereocenters. The smallest absolute Gasteiger partial charge is 0.259 e. The highest BCUT2D eigenvalue weighted by Gasteiger charge is 2.43. The third-order valence-corrected chi connectivity index (χ3v) is 7.67. The van der Waals surface area contributed by atoms with Gasteiger partial charge in [0, 0.05) is 11.0 Å². The van der Waals surface area contributed by atoms with E-state index in [1.54, 1.807) is 10.8 Å². The predicted octanol–water partition coefficient (Wildman–Crippen LogP) is 6.16. The van der Waals surface area contributed by atoms with Crippen LogP contribution in [0.25, 0.3) is 11.3 Å². The standard InChI is InChI=1S/C31H30N4O/c36-29-27-28(26-17-9-8-16-25(26)20-31(27)18-10-3-11-19-31)33-30(34-32-21-23-12-4-1-5-13-23)35(29)22-24-14-6-2-7-15-24/h1-2,4-9,12-17,21H,3,10-11,18-20,22H2,(H,33,34)/b32-21-. The van der Waals surface area contributed by atoms with Gasteiger partial charge in [-0.25, -0.2) is 10.4 Å². The summed E-state index contributed by atoms with van der Waals surface area (Å²) in [5, 5.41) is 4.47. The van der Waals surface area contributed by atoms with E-state index in [9.17, 15) is 4.79 Å². The summed E-state index contributed by atoms with van der Waals surface area (Å²) in [6, 6.07) is 28.5. The molecule has 5 heteroatoms. The molecule has 0 saturated heterocycles. The second-order valence-corrected chi connectivity index (χ2v) is 9.99. The van der Waals surface area contributed by atoms with Crippen molar-refractivity contribution < 1.29 is 0 Å². The number of hydrazone groups is 1. The van der Waals surface area contributed by atoms with Crippen molar-refractivity contribution in [2.75, 3.05) is 5.43 Å². The van der Waals surface area contributed by atoms with Crippen LogP contribution < -0.4 is 11.0 Å². The Labute approximate surface area is 211 Å². The zero-order valence-corrected chi connectivity index (χ0v) is 20.4. The molecule has 1 N–H and O–H groups in total. The van der Waals surface area contributed by atoms with Crippen LogP contribution in [0.1, 0.15) is 54.4 Å². The Hall–Kier alpha value is -3.99. The summed E-state index contributed by atoms with van der Waals surface area (Å²) in [6.07, 6.45) is 8.29. The van der Waals surface area contributed by atoms with Crippen molar-refractivity contribution in [1.82, 2.24) is 9.55 Å². The predicted molar refractivity (Wildman–Crippen MR) is 146 cm³/mol. The summed E-state index contributed by atoms with van der Waals surface area (Å²) in [7, 11) is 0. The molecule has 0 radical (unpaired) electrons. The number of benzene rings is 3. The third kappa shape index (κ3) is 4.15. The van der Waals surface area contributed by atoms with Crippen molar-refractivity contribution in [1.29, 1.82) is 0 Å². The normalized spacial score (nSPS) is 16.0. The van der Waals surface area contributed by atoms with Gasteiger partial charge < -0.3 is 0 Å². The maximum atomic E-state index is 14.4. The van der Waals surface area contributed by atoms with Crippen molar-refractivity contribution in [3.05, 3.63) is 118 Å². The molecule has 0 aliphatic heterocycles. The van der Waals surface area contributed by atoms with Gasteiger partial charge in [-0.3, -0.25) is 9.36 Å². The minimum absolute atomic E-state index is 0.0534. The fraction of sp³-hybridized carbons (Fsp3) is 0.258. The Balaban J connectivity index is 1.52. The maximum Gasteiger partial charge on any atom is 0.259 e. The second kappa shape index (κ2) is 9.57. The van der Waals surface area contributed by atoms with Gasteiger partial charge >= 0.3 is 0 Å². The Bertz CT molecular complexity index is 1450. The highest BCUT2D eigenvalue weighted by molar-refractivity contribution is 5.80. The zero-order valence-electron chi connectivity index (χ0n) is 20.4. The Morgan fingerprint density at radius 2 is 1.58 bits per heavy atom. The van der Waals surface area contributed by atoms with Crippen LogP contribution in [0.5, 0.6) is 0 Å². The van der Waals surface area contributed by atoms with Gasteiger partial charge in [0.05, 0.1) is 24.0 Å². The van der Waals surface area contributed by atoms with Gasteiger partial charge in [0.25, 0.3) is 5.56 Å². The van der Waals surface area contributed by atoms with E-state index in [0.717, 1.165) is 60.1 Å². The number of hydrogen-bond acceptors (Lipinski definition) is 4. The SMILES string of the molecule is O=c1c2c(nc(N/N=C\c3ccccc3)n1Cc1ccccc1)-c1ccccc1CC21CCCCC1. The summed E-state index contributed by atoms with van der Waals surface area (Å²) in [5.41, 5.74) is 9.15. The molecular weight excluding hydrogens is 444 g/mol. The molecule has 0 amide bonds. The number of aromatic nitrogens is 2. The minimum Gasteiger partial charge on any atom is -0.273 e. The highest BCUT2D eigenvalue weighted by Crippen LogP contribution is 2.48. The van der Waals surface area contributed by atoms with E-state index >= 15 is 0 Å². The van der Waals surface area contributed by atoms with Crippen LogP contribution in [-0.4, -0.2) is 15.8 Å². The molecule has 1 aromatic heterocycles. The second-order valence-electron chi connectivity index (χ2n) is 9.99. The summed E-state index contributed by atoms with van der Waals surface area (Å²) < 4.78 is 1.78. The van der Waals surface area contributed by atoms with Gasteiger partial charge in [-0.1, -0.05) is 104 Å². The van der Waals surface area contributed by atoms with Crippen molar-refractivity contribution in [2.45, 2.75) is 50.5 Å². The van der Waals surface area contributed by atoms with Crippen LogP contribution >= 0.6 is 0 Å². The van der Waals surface area contributed by atoms with Gasteiger partial charge in [-0.15, -0.1) is 0 Å². The lowest BCUT2D eigenvalue weighted by atomic mass is 9.62. The fourth-order valence-electron chi connectivity index (χ4n) is 5.94. The molecule has 1 heterocycles. The molecule has 0 unspecified atom stereocenters. The molecule has 180 valence electrons. The summed E-state index contributed by atoms with van der Waals surface area (Å²) in [6.45, 7) is 0.445. The van der Waals surface area contributed by atoms with Gasteiger partial charge in [0.15, 0.2) is 0 Å². The molecule has 0 bridgehead atoms. The van der Waals surface area contributed by atoms with Crippen molar-refractivity contribution in [2.24, 2.45) is 5.10 Å². The average molecular weight is 475 g/mol. The topological polar surface area (TPSA) is 59.3 Å². The number of hydrogen-bond donors (Lipinski definition) is 1. The highest BCUT2D eigenvalue weighted by atomic mass is 16.1. The Morgan fingerprint density at radius 1 is 0.889 bits per heavy atom. The number of rotatable bonds is 5. The molecule has 1 fully saturated rings. The number of anilines is 1. The first-order chi connectivity index (χ1) is 17.7. The first kappa shape index (κ1) is 22.5. The van der Waals surface area contributed by atoms with Crippen LogP contribution in [0.2, 0.25) is 0 Å². The number of fused-ring (bicyclic) bond motifs is 4. The van der Waals surface area contributed by atoms with Crippen molar-refractivity contribution in [3.8, 4) is 11.3 Å². The lowest BCUT2D eigenvalue weighted by Gasteiger charge is -2.42. The summed E-state index contributed by atoms with van der Waals surface area (Å²) in [5.74, 6) is 0.470. The minimum atomic E-state index is -0.143. The maximum absolute atomic E-state index is 14.4. The average Bonchev–Trinajstić information content (AvgIpc) is 2.92. The lowest BCUT2D eigenvalue weighted by molar-refractivity contribution is 0.283. The molecule has 36 heavy (non-hydrogen) atoms. The Kier molecular flexibility index (Phi) is 5.98. The van der Waals surface area contributed by atoms with Gasteiger partial charge in [0.1, 0.15) is 0 Å². The third-order valence-electron chi connectivity index (χ3n) is 7.67. The van der Waals surface area contributed by atoms with E-state index in [2.05, 4.69) is 40.9 Å². The van der Waals surface area contributed by atoms with Gasteiger partial charge in [0.2, 0.25) is 5.95 Å². The van der Waals surface area contributed by atoms with E-state index in [1.165, 1.54) is 12.0 Å². The van der Waals surface area contributed by atoms with Crippen LogP contribution in [0.3, 0.4) is 0 Å². The van der Waals surface area contributed by atoms with Crippen LogP contribution in [-0.2, 0) is 18.4 Å². The number of nitrogens with one attached hydrogen (secondary N) is 1. The number of nitrogens with zero attached hydrogens (tertiary/aromatic N) is 3. The fourth-order valence-corrected chi connectivity index (χ4v) is 5.94. The largest absolute Gasteiger partial charge is 0.273 e. The molecule has 1 spiro atoms. The Morgan fingerprint density at radius 3 is 2.36 bits per heavy atom. The summed E-state index contributed by atoms with van der Waals surface area (Å²) >= 11 is 0. The van der Waals surface area contributed by atoms with E-state index < -0.39 is 0 Å². The molecule has 1 saturated carbocycles. The van der Waals surface area contributed by atoms with E-state index in [4.69, 9.17) is 4.98 Å². The molecule has 6 rings (SSSR count). The quantitative estimate of drug-likeness (QED) is 0.278. The molecule has 2 aliphatic rings. The van der Waals surface area contributed by atoms with Crippen molar-refractivity contribution >= 4 is 12.2 Å². The van der Waals surface area contributed by atoms with Crippen molar-refractivity contribution in [3.63, 3.8) is 0 Å². The van der Waals surface area contributed by atoms with E-state index in [-0.39, 0.29) is 11.0 Å². The van der Waals surface area contributed by atoms with Gasteiger partial charge in [-0.05, 0) is 36.0 Å². The zero-order chi connectivity index (χ0) is 24.4. The van der Waals surface area contributed by atoms with Crippen LogP contribution in [0, 0.1) is 0 Å². The molecule has 5 nitrogen and oxygen atoms in total. The monoisotopic (exact) mass is 474 g/mol. The molecule has 2 aliphatic carbocycles. The first-order valence-electron chi connectivity index (χ1n) is 12.9. The summed E-state index contributed by atoms with van der Waals surface area (Å²) in [4.78, 5) is 19.5. The van der Waals surface area contributed by atoms with E-state index in [0.29, 0.717) is 12.5 Å². The molecule has 4 aromatic rings. The molecular formula is C31H30N4O. The van der Waals surface area contributed by atoms with E-state index in [1.807, 2.05) is 54.6 Å². The first-order valence-corrected chi connectivity index (χ1v) is 12.9. The lowest BCUT2D eigenvalue weighted by Crippen LogP contribution is -2.43. The molecule has 3 aromatic carbocycles. The van der Waals surface area contributed by atoms with Crippen LogP contribution in [0.15, 0.2) is 94.8 Å².